The maximum Gasteiger partial charge on any atom is 0.165 e. The number of nitriles is 1. The van der Waals surface area contributed by atoms with Crippen molar-refractivity contribution in [1.29, 1.82) is 5.26 Å². The van der Waals surface area contributed by atoms with Crippen molar-refractivity contribution in [3.63, 3.8) is 0 Å². The first kappa shape index (κ1) is 5.36. The van der Waals surface area contributed by atoms with Crippen LogP contribution in [0, 0.1) is 17.2 Å². The average molecular weight is 145 g/mol. The Balaban J connectivity index is 2.24. The lowest BCUT2D eigenvalue weighted by molar-refractivity contribution is 0.814. The number of hydrogen-bond acceptors (Lipinski definition) is 2. The molecule has 11 heavy (non-hydrogen) atoms. The summed E-state index contributed by atoms with van der Waals surface area (Å²) in [5.74, 6) is 1.52. The van der Waals surface area contributed by atoms with E-state index in [2.05, 4.69) is 16.3 Å². The lowest BCUT2D eigenvalue weighted by atomic mass is 10.1. The third-order valence-corrected chi connectivity index (χ3v) is 2.75. The largest absolute Gasteiger partial charge is 0.281 e. The van der Waals surface area contributed by atoms with Crippen LogP contribution in [0.5, 0.6) is 0 Å². The quantitative estimate of drug-likeness (QED) is 0.590. The average Bonchev–Trinajstić information content (AvgIpc) is 2.53. The summed E-state index contributed by atoms with van der Waals surface area (Å²) >= 11 is 0. The van der Waals surface area contributed by atoms with E-state index in [9.17, 15) is 0 Å². The highest BCUT2D eigenvalue weighted by Gasteiger charge is 2.48. The van der Waals surface area contributed by atoms with Gasteiger partial charge in [-0.3, -0.25) is 5.10 Å². The lowest BCUT2D eigenvalue weighted by Crippen LogP contribution is -1.83. The van der Waals surface area contributed by atoms with Crippen LogP contribution in [0.25, 0.3) is 0 Å². The highest BCUT2D eigenvalue weighted by molar-refractivity contribution is 5.45. The van der Waals surface area contributed by atoms with Gasteiger partial charge in [-0.05, 0) is 24.7 Å². The summed E-state index contributed by atoms with van der Waals surface area (Å²) in [4.78, 5) is 0. The van der Waals surface area contributed by atoms with E-state index >= 15 is 0 Å². The minimum Gasteiger partial charge on any atom is -0.281 e. The van der Waals surface area contributed by atoms with Crippen molar-refractivity contribution in [2.75, 3.05) is 0 Å². The van der Waals surface area contributed by atoms with Crippen LogP contribution in [0.3, 0.4) is 0 Å². The zero-order chi connectivity index (χ0) is 7.42. The molecule has 1 aromatic rings. The fourth-order valence-corrected chi connectivity index (χ4v) is 2.12. The van der Waals surface area contributed by atoms with Gasteiger partial charge in [0.2, 0.25) is 0 Å². The zero-order valence-corrected chi connectivity index (χ0v) is 5.96. The molecule has 0 amide bonds. The van der Waals surface area contributed by atoms with Gasteiger partial charge in [-0.25, -0.2) is 0 Å². The summed E-state index contributed by atoms with van der Waals surface area (Å²) < 4.78 is 0. The first-order chi connectivity index (χ1) is 5.40. The molecule has 2 aliphatic rings. The summed E-state index contributed by atoms with van der Waals surface area (Å²) in [6.07, 6.45) is 2.40. The Bertz CT molecular complexity index is 358. The summed E-state index contributed by atoms with van der Waals surface area (Å²) in [6.45, 7) is 0. The van der Waals surface area contributed by atoms with Crippen LogP contribution in [-0.4, -0.2) is 10.2 Å². The smallest absolute Gasteiger partial charge is 0.165 e. The fraction of sp³-hybridized carbons (Fsp3) is 0.500. The number of rotatable bonds is 0. The van der Waals surface area contributed by atoms with Crippen molar-refractivity contribution >= 4 is 0 Å². The predicted molar refractivity (Wildman–Crippen MR) is 37.9 cm³/mol. The molecule has 3 heteroatoms. The van der Waals surface area contributed by atoms with Crippen molar-refractivity contribution in [3.05, 3.63) is 17.0 Å². The molecular weight excluding hydrogens is 138 g/mol. The van der Waals surface area contributed by atoms with E-state index in [0.717, 1.165) is 12.3 Å². The van der Waals surface area contributed by atoms with Gasteiger partial charge in [0.05, 0.1) is 0 Å². The second-order valence-electron chi connectivity index (χ2n) is 3.38. The first-order valence-electron chi connectivity index (χ1n) is 3.87. The van der Waals surface area contributed by atoms with Gasteiger partial charge in [0.15, 0.2) is 5.69 Å². The monoisotopic (exact) mass is 145 g/mol. The van der Waals surface area contributed by atoms with Gasteiger partial charge in [0, 0.05) is 11.3 Å². The Morgan fingerprint density at radius 2 is 2.55 bits per heavy atom. The number of H-pyrrole nitrogens is 1. The molecule has 3 nitrogen and oxygen atoms in total. The fourth-order valence-electron chi connectivity index (χ4n) is 2.12. The highest BCUT2D eigenvalue weighted by Crippen LogP contribution is 2.56. The molecule has 1 heterocycles. The summed E-state index contributed by atoms with van der Waals surface area (Å²) in [6, 6.07) is 2.12. The van der Waals surface area contributed by atoms with E-state index in [4.69, 9.17) is 5.26 Å². The number of nitrogens with one attached hydrogen (secondary N) is 1. The molecule has 1 fully saturated rings. The number of nitrogens with zero attached hydrogens (tertiary/aromatic N) is 2. The molecule has 1 aromatic heterocycles. The molecule has 0 bridgehead atoms. The van der Waals surface area contributed by atoms with Gasteiger partial charge in [-0.1, -0.05) is 0 Å². The van der Waals surface area contributed by atoms with Gasteiger partial charge in [-0.15, -0.1) is 0 Å². The number of aromatic amines is 1. The van der Waals surface area contributed by atoms with E-state index in [-0.39, 0.29) is 0 Å². The van der Waals surface area contributed by atoms with E-state index in [1.165, 1.54) is 17.7 Å². The Hall–Kier alpha value is -1.30. The molecule has 0 radical (unpaired) electrons. The Kier molecular flexibility index (Phi) is 0.719. The minimum absolute atomic E-state index is 0.630. The normalized spacial score (nSPS) is 30.8. The highest BCUT2D eigenvalue weighted by atomic mass is 15.1. The van der Waals surface area contributed by atoms with Crippen LogP contribution in [0.15, 0.2) is 0 Å². The molecule has 2 aliphatic carbocycles. The number of hydrogen-bond donors (Lipinski definition) is 1. The summed E-state index contributed by atoms with van der Waals surface area (Å²) in [5.41, 5.74) is 3.06. The molecule has 1 N–H and O–H groups in total. The Labute approximate surface area is 64.0 Å². The maximum atomic E-state index is 8.69. The predicted octanol–water partition coefficient (Wildman–Crippen LogP) is 0.941. The van der Waals surface area contributed by atoms with Crippen LogP contribution >= 0.6 is 0 Å². The van der Waals surface area contributed by atoms with Crippen LogP contribution < -0.4 is 0 Å². The van der Waals surface area contributed by atoms with E-state index < -0.39 is 0 Å². The third-order valence-electron chi connectivity index (χ3n) is 2.75. The van der Waals surface area contributed by atoms with Gasteiger partial charge in [-0.2, -0.15) is 10.4 Å². The maximum absolute atomic E-state index is 8.69. The van der Waals surface area contributed by atoms with Crippen LogP contribution in [0.4, 0.5) is 0 Å². The topological polar surface area (TPSA) is 52.5 Å². The van der Waals surface area contributed by atoms with Crippen LogP contribution in [0.1, 0.15) is 29.3 Å². The molecule has 0 aromatic carbocycles. The van der Waals surface area contributed by atoms with Crippen molar-refractivity contribution < 1.29 is 0 Å². The standard InChI is InChI=1S/C8H7N3/c9-3-7-8-5-1-4(5)2-6(8)10-11-7/h4-5H,1-2H2,(H,10,11)/t4-,5+/m0/s1. The first-order valence-corrected chi connectivity index (χ1v) is 3.87. The van der Waals surface area contributed by atoms with Gasteiger partial charge >= 0.3 is 0 Å². The second-order valence-corrected chi connectivity index (χ2v) is 3.38. The molecule has 2 atom stereocenters. The SMILES string of the molecule is N#Cc1n[nH]c2c1[C@@H]1C[C@H]1C2. The second kappa shape index (κ2) is 1.48. The Morgan fingerprint density at radius 1 is 1.64 bits per heavy atom. The van der Waals surface area contributed by atoms with E-state index in [1.807, 2.05) is 0 Å². The molecule has 0 aliphatic heterocycles. The van der Waals surface area contributed by atoms with Crippen molar-refractivity contribution in [1.82, 2.24) is 10.2 Å². The lowest BCUT2D eigenvalue weighted by Gasteiger charge is -1.89. The number of fused-ring (bicyclic) bond motifs is 3. The van der Waals surface area contributed by atoms with Crippen molar-refractivity contribution in [3.8, 4) is 6.07 Å². The molecule has 1 saturated carbocycles. The minimum atomic E-state index is 0.630. The van der Waals surface area contributed by atoms with Crippen molar-refractivity contribution in [2.45, 2.75) is 18.8 Å². The van der Waals surface area contributed by atoms with Gasteiger partial charge < -0.3 is 0 Å². The van der Waals surface area contributed by atoms with Gasteiger partial charge in [0.25, 0.3) is 0 Å². The number of aromatic nitrogens is 2. The molecule has 0 spiro atoms. The molecule has 0 unspecified atom stereocenters. The summed E-state index contributed by atoms with van der Waals surface area (Å²) in [7, 11) is 0. The molecule has 0 saturated heterocycles. The summed E-state index contributed by atoms with van der Waals surface area (Å²) in [5, 5.41) is 15.6. The molecule has 3 rings (SSSR count). The zero-order valence-electron chi connectivity index (χ0n) is 5.96. The van der Waals surface area contributed by atoms with Crippen molar-refractivity contribution in [2.24, 2.45) is 5.92 Å². The van der Waals surface area contributed by atoms with E-state index in [1.54, 1.807) is 0 Å². The van der Waals surface area contributed by atoms with Crippen LogP contribution in [0.2, 0.25) is 0 Å². The van der Waals surface area contributed by atoms with Crippen LogP contribution in [-0.2, 0) is 6.42 Å². The molecular formula is C8H7N3. The third kappa shape index (κ3) is 0.509. The Morgan fingerprint density at radius 3 is 3.36 bits per heavy atom. The van der Waals surface area contributed by atoms with Gasteiger partial charge in [0.1, 0.15) is 6.07 Å². The van der Waals surface area contributed by atoms with E-state index in [0.29, 0.717) is 11.6 Å². The molecule has 54 valence electrons.